The summed E-state index contributed by atoms with van der Waals surface area (Å²) in [5.74, 6) is -2.88. The number of rotatable bonds is 2. The zero-order valence-electron chi connectivity index (χ0n) is 7.18. The lowest BCUT2D eigenvalue weighted by molar-refractivity contribution is -0.166. The second kappa shape index (κ2) is 2.97. The summed E-state index contributed by atoms with van der Waals surface area (Å²) in [6.07, 6.45) is 0. The van der Waals surface area contributed by atoms with Crippen molar-refractivity contribution in [1.29, 1.82) is 0 Å². The summed E-state index contributed by atoms with van der Waals surface area (Å²) in [5, 5.41) is 0. The van der Waals surface area contributed by atoms with Crippen molar-refractivity contribution in [3.05, 3.63) is 0 Å². The van der Waals surface area contributed by atoms with Crippen LogP contribution in [0.1, 0.15) is 0 Å². The van der Waals surface area contributed by atoms with Gasteiger partial charge in [-0.2, -0.15) is 0 Å². The van der Waals surface area contributed by atoms with E-state index in [9.17, 15) is 13.6 Å². The van der Waals surface area contributed by atoms with Crippen LogP contribution in [0, 0.1) is 0 Å². The monoisotopic (exact) mass is 178 g/mol. The summed E-state index contributed by atoms with van der Waals surface area (Å²) in [4.78, 5) is 13.9. The highest BCUT2D eigenvalue weighted by atomic mass is 19.3. The maximum Gasteiger partial charge on any atom is 0.282 e. The number of hydrogen-bond donors (Lipinski definition) is 0. The summed E-state index contributed by atoms with van der Waals surface area (Å²) in [5.41, 5.74) is 0. The van der Waals surface area contributed by atoms with Gasteiger partial charge in [-0.05, 0) is 14.1 Å². The molecule has 5 heteroatoms. The first kappa shape index (κ1) is 9.38. The minimum absolute atomic E-state index is 0.204. The van der Waals surface area contributed by atoms with Crippen molar-refractivity contribution in [2.75, 3.05) is 33.7 Å². The Kier molecular flexibility index (Phi) is 2.32. The van der Waals surface area contributed by atoms with E-state index in [1.807, 2.05) is 0 Å². The molecule has 0 radical (unpaired) electrons. The summed E-state index contributed by atoms with van der Waals surface area (Å²) < 4.78 is 24.6. The molecule has 1 saturated heterocycles. The van der Waals surface area contributed by atoms with Gasteiger partial charge in [0, 0.05) is 0 Å². The molecular formula is C7H12F2N2O. The van der Waals surface area contributed by atoms with E-state index in [1.165, 1.54) is 4.90 Å². The Hall–Kier alpha value is -0.710. The molecule has 12 heavy (non-hydrogen) atoms. The third-order valence-electron chi connectivity index (χ3n) is 1.65. The van der Waals surface area contributed by atoms with Crippen LogP contribution < -0.4 is 0 Å². The Bertz CT molecular complexity index is 186. The van der Waals surface area contributed by atoms with Crippen LogP contribution in [0.15, 0.2) is 0 Å². The van der Waals surface area contributed by atoms with Crippen LogP contribution in [0.4, 0.5) is 8.78 Å². The highest BCUT2D eigenvalue weighted by molar-refractivity contribution is 5.79. The Morgan fingerprint density at radius 2 is 2.00 bits per heavy atom. The molecule has 0 N–H and O–H groups in total. The molecule has 0 aliphatic carbocycles. The van der Waals surface area contributed by atoms with Gasteiger partial charge in [0.05, 0.1) is 19.6 Å². The third-order valence-corrected chi connectivity index (χ3v) is 1.65. The van der Waals surface area contributed by atoms with Crippen LogP contribution in [-0.2, 0) is 4.79 Å². The van der Waals surface area contributed by atoms with Crippen LogP contribution in [-0.4, -0.2) is 55.4 Å². The molecule has 1 amide bonds. The molecule has 0 atom stereocenters. The van der Waals surface area contributed by atoms with E-state index in [2.05, 4.69) is 0 Å². The van der Waals surface area contributed by atoms with Gasteiger partial charge in [-0.15, -0.1) is 0 Å². The first-order valence-electron chi connectivity index (χ1n) is 3.71. The van der Waals surface area contributed by atoms with Crippen LogP contribution in [0.25, 0.3) is 0 Å². The Labute approximate surface area is 69.9 Å². The largest absolute Gasteiger partial charge is 0.329 e. The van der Waals surface area contributed by atoms with Gasteiger partial charge in [0.25, 0.3) is 5.92 Å². The Balaban J connectivity index is 2.29. The smallest absolute Gasteiger partial charge is 0.282 e. The topological polar surface area (TPSA) is 23.6 Å². The van der Waals surface area contributed by atoms with E-state index < -0.39 is 19.0 Å². The van der Waals surface area contributed by atoms with Gasteiger partial charge in [0.2, 0.25) is 5.91 Å². The maximum atomic E-state index is 12.3. The van der Waals surface area contributed by atoms with Crippen molar-refractivity contribution in [2.45, 2.75) is 5.92 Å². The molecule has 1 heterocycles. The zero-order valence-corrected chi connectivity index (χ0v) is 7.18. The van der Waals surface area contributed by atoms with E-state index in [1.54, 1.807) is 19.0 Å². The fourth-order valence-corrected chi connectivity index (χ4v) is 1.06. The molecule has 0 spiro atoms. The number of likely N-dealkylation sites (N-methyl/N-ethyl adjacent to an activating group) is 1. The van der Waals surface area contributed by atoms with Crippen LogP contribution in [0.5, 0.6) is 0 Å². The molecule has 1 aliphatic heterocycles. The van der Waals surface area contributed by atoms with Gasteiger partial charge in [-0.25, -0.2) is 8.78 Å². The normalized spacial score (nSPS) is 20.9. The maximum absolute atomic E-state index is 12.3. The molecule has 0 aromatic rings. The third kappa shape index (κ3) is 2.14. The van der Waals surface area contributed by atoms with Crippen molar-refractivity contribution in [1.82, 2.24) is 9.80 Å². The number of amides is 1. The van der Waals surface area contributed by atoms with E-state index in [0.29, 0.717) is 0 Å². The van der Waals surface area contributed by atoms with E-state index in [0.717, 1.165) is 0 Å². The fraction of sp³-hybridized carbons (Fsp3) is 0.857. The lowest BCUT2D eigenvalue weighted by Crippen LogP contribution is -2.59. The summed E-state index contributed by atoms with van der Waals surface area (Å²) in [7, 11) is 3.46. The minimum Gasteiger partial charge on any atom is -0.329 e. The SMILES string of the molecule is CN(C)CC(=O)N1CC(F)(F)C1. The van der Waals surface area contributed by atoms with Crippen molar-refractivity contribution in [2.24, 2.45) is 0 Å². The van der Waals surface area contributed by atoms with Crippen LogP contribution >= 0.6 is 0 Å². The first-order valence-corrected chi connectivity index (χ1v) is 3.71. The summed E-state index contributed by atoms with van der Waals surface area (Å²) >= 11 is 0. The van der Waals surface area contributed by atoms with Gasteiger partial charge >= 0.3 is 0 Å². The fourth-order valence-electron chi connectivity index (χ4n) is 1.06. The highest BCUT2D eigenvalue weighted by Gasteiger charge is 2.45. The molecule has 3 nitrogen and oxygen atoms in total. The second-order valence-corrected chi connectivity index (χ2v) is 3.34. The van der Waals surface area contributed by atoms with Crippen molar-refractivity contribution >= 4 is 5.91 Å². The molecule has 1 aliphatic rings. The average molecular weight is 178 g/mol. The molecular weight excluding hydrogens is 166 g/mol. The van der Waals surface area contributed by atoms with Crippen LogP contribution in [0.2, 0.25) is 0 Å². The molecule has 0 aromatic heterocycles. The Morgan fingerprint density at radius 1 is 1.50 bits per heavy atom. The van der Waals surface area contributed by atoms with Crippen molar-refractivity contribution in [3.63, 3.8) is 0 Å². The number of carbonyl (C=O) groups is 1. The molecule has 0 unspecified atom stereocenters. The number of alkyl halides is 2. The van der Waals surface area contributed by atoms with Gasteiger partial charge in [0.15, 0.2) is 0 Å². The minimum atomic E-state index is -2.65. The average Bonchev–Trinajstić information content (AvgIpc) is 1.80. The lowest BCUT2D eigenvalue weighted by atomic mass is 10.1. The molecule has 1 fully saturated rings. The lowest BCUT2D eigenvalue weighted by Gasteiger charge is -2.39. The summed E-state index contributed by atoms with van der Waals surface area (Å²) in [6, 6.07) is 0. The first-order chi connectivity index (χ1) is 5.41. The van der Waals surface area contributed by atoms with Gasteiger partial charge in [-0.1, -0.05) is 0 Å². The number of hydrogen-bond acceptors (Lipinski definition) is 2. The number of nitrogens with zero attached hydrogens (tertiary/aromatic N) is 2. The number of carbonyl (C=O) groups excluding carboxylic acids is 1. The predicted octanol–water partition coefficient (Wildman–Crippen LogP) is 0.0255. The number of halogens is 2. The molecule has 1 rings (SSSR count). The summed E-state index contributed by atoms with van der Waals surface area (Å²) in [6.45, 7) is -0.630. The van der Waals surface area contributed by atoms with E-state index in [4.69, 9.17) is 0 Å². The zero-order chi connectivity index (χ0) is 9.35. The van der Waals surface area contributed by atoms with Crippen molar-refractivity contribution < 1.29 is 13.6 Å². The number of likely N-dealkylation sites (tertiary alicyclic amines) is 1. The Morgan fingerprint density at radius 3 is 2.33 bits per heavy atom. The van der Waals surface area contributed by atoms with Gasteiger partial charge in [-0.3, -0.25) is 4.79 Å². The van der Waals surface area contributed by atoms with E-state index in [-0.39, 0.29) is 12.5 Å². The van der Waals surface area contributed by atoms with Crippen LogP contribution in [0.3, 0.4) is 0 Å². The second-order valence-electron chi connectivity index (χ2n) is 3.34. The molecule has 0 saturated carbocycles. The van der Waals surface area contributed by atoms with Gasteiger partial charge in [0.1, 0.15) is 0 Å². The van der Waals surface area contributed by atoms with E-state index >= 15 is 0 Å². The molecule has 0 bridgehead atoms. The highest BCUT2D eigenvalue weighted by Crippen LogP contribution is 2.26. The van der Waals surface area contributed by atoms with Crippen molar-refractivity contribution in [3.8, 4) is 0 Å². The standard InChI is InChI=1S/C7H12F2N2O/c1-10(2)3-6(12)11-4-7(8,9)5-11/h3-5H2,1-2H3. The molecule has 70 valence electrons. The molecule has 0 aromatic carbocycles. The predicted molar refractivity (Wildman–Crippen MR) is 40.1 cm³/mol. The van der Waals surface area contributed by atoms with Gasteiger partial charge < -0.3 is 9.80 Å². The quantitative estimate of drug-likeness (QED) is 0.595.